The Balaban J connectivity index is 2.44. The molecule has 0 bridgehead atoms. The largest absolute Gasteiger partial charge is 0.356 e. The van der Waals surface area contributed by atoms with E-state index < -0.39 is 0 Å². The van der Waals surface area contributed by atoms with E-state index in [1.165, 1.54) is 23.6 Å². The van der Waals surface area contributed by atoms with Crippen LogP contribution in [0.1, 0.15) is 39.2 Å². The third-order valence-electron chi connectivity index (χ3n) is 4.32. The molecule has 1 aromatic heterocycles. The Morgan fingerprint density at radius 1 is 1.10 bits per heavy atom. The molecule has 0 unspecified atom stereocenters. The Kier molecular flexibility index (Phi) is 5.86. The normalized spacial score (nSPS) is 11.3. The zero-order valence-corrected chi connectivity index (χ0v) is 14.0. The van der Waals surface area contributed by atoms with E-state index in [1.807, 2.05) is 6.20 Å². The van der Waals surface area contributed by atoms with E-state index in [2.05, 4.69) is 49.9 Å². The number of alkyl halides is 1. The predicted molar refractivity (Wildman–Crippen MR) is 93.3 cm³/mol. The van der Waals surface area contributed by atoms with Gasteiger partial charge >= 0.3 is 0 Å². The highest BCUT2D eigenvalue weighted by Crippen LogP contribution is 2.29. The number of anilines is 1. The second-order valence-electron chi connectivity index (χ2n) is 5.51. The topological polar surface area (TPSA) is 16.1 Å². The van der Waals surface area contributed by atoms with Gasteiger partial charge in [0.15, 0.2) is 0 Å². The average molecular weight is 305 g/mol. The van der Waals surface area contributed by atoms with Crippen LogP contribution in [0.25, 0.3) is 10.8 Å². The van der Waals surface area contributed by atoms with E-state index in [1.54, 1.807) is 0 Å². The molecule has 0 amide bonds. The Morgan fingerprint density at radius 2 is 1.76 bits per heavy atom. The molecule has 0 saturated heterocycles. The van der Waals surface area contributed by atoms with Crippen LogP contribution in [0, 0.1) is 5.92 Å². The van der Waals surface area contributed by atoms with Gasteiger partial charge in [-0.3, -0.25) is 0 Å². The van der Waals surface area contributed by atoms with Crippen molar-refractivity contribution < 1.29 is 0 Å². The molecule has 0 aliphatic rings. The predicted octanol–water partition coefficient (Wildman–Crippen LogP) is 5.24. The summed E-state index contributed by atoms with van der Waals surface area (Å²) in [6.45, 7) is 8.79. The maximum atomic E-state index is 6.05. The first kappa shape index (κ1) is 16.1. The number of hydrogen-bond donors (Lipinski definition) is 0. The van der Waals surface area contributed by atoms with Gasteiger partial charge in [-0.05, 0) is 23.8 Å². The van der Waals surface area contributed by atoms with Crippen molar-refractivity contribution in [3.63, 3.8) is 0 Å². The minimum atomic E-state index is 0.506. The Bertz CT molecular complexity index is 578. The lowest BCUT2D eigenvalue weighted by Crippen LogP contribution is -2.30. The third kappa shape index (κ3) is 3.49. The smallest absolute Gasteiger partial charge is 0.136 e. The number of rotatable bonds is 7. The van der Waals surface area contributed by atoms with Crippen LogP contribution in [-0.4, -0.2) is 18.1 Å². The number of halogens is 1. The third-order valence-corrected chi connectivity index (χ3v) is 4.60. The fourth-order valence-corrected chi connectivity index (χ4v) is 3.03. The van der Waals surface area contributed by atoms with Crippen LogP contribution in [0.3, 0.4) is 0 Å². The molecule has 114 valence electrons. The average Bonchev–Trinajstić information content (AvgIpc) is 2.55. The first-order valence-electron chi connectivity index (χ1n) is 7.92. The summed E-state index contributed by atoms with van der Waals surface area (Å²) in [5, 5.41) is 2.43. The minimum Gasteiger partial charge on any atom is -0.356 e. The molecule has 2 rings (SSSR count). The number of nitrogens with zero attached hydrogens (tertiary/aromatic N) is 2. The maximum absolute atomic E-state index is 6.05. The highest BCUT2D eigenvalue weighted by Gasteiger charge is 2.15. The molecular formula is C18H25ClN2. The van der Waals surface area contributed by atoms with Gasteiger partial charge in [-0.2, -0.15) is 0 Å². The van der Waals surface area contributed by atoms with Gasteiger partial charge in [-0.15, -0.1) is 11.6 Å². The molecule has 1 aromatic carbocycles. The van der Waals surface area contributed by atoms with Gasteiger partial charge in [0.05, 0.1) is 0 Å². The van der Waals surface area contributed by atoms with Gasteiger partial charge < -0.3 is 4.90 Å². The zero-order valence-electron chi connectivity index (χ0n) is 13.3. The zero-order chi connectivity index (χ0) is 15.2. The minimum absolute atomic E-state index is 0.506. The molecule has 0 radical (unpaired) electrons. The van der Waals surface area contributed by atoms with Crippen molar-refractivity contribution in [3.8, 4) is 0 Å². The van der Waals surface area contributed by atoms with Gasteiger partial charge in [-0.1, -0.05) is 51.0 Å². The second-order valence-corrected chi connectivity index (χ2v) is 5.77. The summed E-state index contributed by atoms with van der Waals surface area (Å²) in [6, 6.07) is 8.45. The van der Waals surface area contributed by atoms with Crippen molar-refractivity contribution in [2.75, 3.05) is 18.0 Å². The molecule has 1 heterocycles. The van der Waals surface area contributed by atoms with Crippen molar-refractivity contribution in [2.45, 2.75) is 39.5 Å². The van der Waals surface area contributed by atoms with Crippen LogP contribution in [0.5, 0.6) is 0 Å². The lowest BCUT2D eigenvalue weighted by Gasteiger charge is -2.27. The number of benzene rings is 1. The molecule has 3 heteroatoms. The van der Waals surface area contributed by atoms with Gasteiger partial charge in [0.2, 0.25) is 0 Å². The molecule has 0 aliphatic heterocycles. The fourth-order valence-electron chi connectivity index (χ4n) is 2.82. The first-order valence-corrected chi connectivity index (χ1v) is 8.46. The monoisotopic (exact) mass is 304 g/mol. The van der Waals surface area contributed by atoms with Crippen LogP contribution in [0.4, 0.5) is 5.82 Å². The van der Waals surface area contributed by atoms with E-state index >= 15 is 0 Å². The first-order chi connectivity index (χ1) is 10.2. The Morgan fingerprint density at radius 3 is 2.33 bits per heavy atom. The Hall–Kier alpha value is -1.28. The number of aromatic nitrogens is 1. The quantitative estimate of drug-likeness (QED) is 0.651. The highest BCUT2D eigenvalue weighted by molar-refractivity contribution is 6.18. The molecule has 21 heavy (non-hydrogen) atoms. The van der Waals surface area contributed by atoms with Crippen molar-refractivity contribution in [1.29, 1.82) is 0 Å². The summed E-state index contributed by atoms with van der Waals surface area (Å²) >= 11 is 6.05. The van der Waals surface area contributed by atoms with Gasteiger partial charge in [0.1, 0.15) is 5.82 Å². The molecule has 0 atom stereocenters. The molecule has 0 fully saturated rings. The van der Waals surface area contributed by atoms with Crippen molar-refractivity contribution in [2.24, 2.45) is 5.92 Å². The maximum Gasteiger partial charge on any atom is 0.136 e. The van der Waals surface area contributed by atoms with Crippen LogP contribution in [0.2, 0.25) is 0 Å². The van der Waals surface area contributed by atoms with Crippen LogP contribution in [0.15, 0.2) is 30.5 Å². The molecule has 0 N–H and O–H groups in total. The number of fused-ring (bicyclic) bond motifs is 1. The molecule has 2 nitrogen and oxygen atoms in total. The van der Waals surface area contributed by atoms with Crippen LogP contribution < -0.4 is 4.90 Å². The van der Waals surface area contributed by atoms with Gasteiger partial charge in [0, 0.05) is 30.6 Å². The molecule has 0 saturated carbocycles. The lowest BCUT2D eigenvalue weighted by atomic mass is 10.0. The van der Waals surface area contributed by atoms with Crippen molar-refractivity contribution in [1.82, 2.24) is 4.98 Å². The van der Waals surface area contributed by atoms with E-state index in [-0.39, 0.29) is 0 Å². The van der Waals surface area contributed by atoms with E-state index in [9.17, 15) is 0 Å². The summed E-state index contributed by atoms with van der Waals surface area (Å²) in [4.78, 5) is 7.11. The highest BCUT2D eigenvalue weighted by atomic mass is 35.5. The lowest BCUT2D eigenvalue weighted by molar-refractivity contribution is 0.485. The number of pyridine rings is 1. The molecule has 0 aliphatic carbocycles. The van der Waals surface area contributed by atoms with Crippen LogP contribution in [-0.2, 0) is 5.88 Å². The standard InChI is InChI=1S/C18H25ClN2/c1-4-14(5-2)13-21(6-3)18-17-10-8-7-9-16(17)15(11-19)12-20-18/h7-10,12,14H,4-6,11,13H2,1-3H3. The molecule has 0 spiro atoms. The van der Waals surface area contributed by atoms with E-state index in [0.717, 1.165) is 30.4 Å². The van der Waals surface area contributed by atoms with E-state index in [4.69, 9.17) is 16.6 Å². The van der Waals surface area contributed by atoms with Crippen molar-refractivity contribution in [3.05, 3.63) is 36.0 Å². The van der Waals surface area contributed by atoms with Crippen LogP contribution >= 0.6 is 11.6 Å². The Labute approximate surface area is 133 Å². The molecule has 2 aromatic rings. The van der Waals surface area contributed by atoms with E-state index in [0.29, 0.717) is 5.88 Å². The van der Waals surface area contributed by atoms with Gasteiger partial charge in [0.25, 0.3) is 0 Å². The SMILES string of the molecule is CCC(CC)CN(CC)c1ncc(CCl)c2ccccc12. The fraction of sp³-hybridized carbons (Fsp3) is 0.500. The summed E-state index contributed by atoms with van der Waals surface area (Å²) in [5.41, 5.74) is 1.11. The molecular weight excluding hydrogens is 280 g/mol. The van der Waals surface area contributed by atoms with Crippen molar-refractivity contribution >= 4 is 28.2 Å². The summed E-state index contributed by atoms with van der Waals surface area (Å²) in [6.07, 6.45) is 4.36. The summed E-state index contributed by atoms with van der Waals surface area (Å²) in [5.74, 6) is 2.32. The van der Waals surface area contributed by atoms with Gasteiger partial charge in [-0.25, -0.2) is 4.98 Å². The summed E-state index contributed by atoms with van der Waals surface area (Å²) in [7, 11) is 0. The number of hydrogen-bond acceptors (Lipinski definition) is 2. The summed E-state index contributed by atoms with van der Waals surface area (Å²) < 4.78 is 0. The second kappa shape index (κ2) is 7.65.